The van der Waals surface area contributed by atoms with Gasteiger partial charge in [-0.2, -0.15) is 0 Å². The van der Waals surface area contributed by atoms with E-state index < -0.39 is 0 Å². The predicted octanol–water partition coefficient (Wildman–Crippen LogP) is 3.60. The molecule has 1 N–H and O–H groups in total. The summed E-state index contributed by atoms with van der Waals surface area (Å²) in [5.74, 6) is 1.88. The third-order valence-corrected chi connectivity index (χ3v) is 5.89. The standard InChI is InChI=1S/C19H28N2/c1-14-7-10-17(11-14)21-13-18(15-8-9-15)20-12-19(21)16-5-3-2-4-6-16/h2-6,14-15,17-20H,7-13H2,1H3. The van der Waals surface area contributed by atoms with Gasteiger partial charge in [-0.15, -0.1) is 0 Å². The van der Waals surface area contributed by atoms with Gasteiger partial charge in [0.05, 0.1) is 0 Å². The third-order valence-electron chi connectivity index (χ3n) is 5.89. The normalized spacial score (nSPS) is 37.8. The van der Waals surface area contributed by atoms with Gasteiger partial charge in [0, 0.05) is 31.2 Å². The highest BCUT2D eigenvalue weighted by Crippen LogP contribution is 2.40. The van der Waals surface area contributed by atoms with E-state index >= 15 is 0 Å². The van der Waals surface area contributed by atoms with E-state index in [2.05, 4.69) is 47.5 Å². The van der Waals surface area contributed by atoms with Crippen LogP contribution in [0.25, 0.3) is 0 Å². The zero-order valence-electron chi connectivity index (χ0n) is 13.2. The smallest absolute Gasteiger partial charge is 0.0476 e. The molecule has 1 aromatic carbocycles. The molecular formula is C19H28N2. The van der Waals surface area contributed by atoms with Crippen LogP contribution in [0.15, 0.2) is 30.3 Å². The van der Waals surface area contributed by atoms with Gasteiger partial charge < -0.3 is 5.32 Å². The van der Waals surface area contributed by atoms with Crippen LogP contribution in [-0.2, 0) is 0 Å². The fourth-order valence-corrected chi connectivity index (χ4v) is 4.48. The summed E-state index contributed by atoms with van der Waals surface area (Å²) in [6.07, 6.45) is 7.12. The third kappa shape index (κ3) is 2.89. The van der Waals surface area contributed by atoms with Gasteiger partial charge in [-0.05, 0) is 49.5 Å². The molecule has 4 atom stereocenters. The molecule has 0 radical (unpaired) electrons. The molecule has 2 saturated carbocycles. The Hall–Kier alpha value is -0.860. The molecule has 0 aromatic heterocycles. The molecule has 0 amide bonds. The fourth-order valence-electron chi connectivity index (χ4n) is 4.48. The molecule has 1 aliphatic heterocycles. The number of benzene rings is 1. The molecule has 4 rings (SSSR count). The minimum atomic E-state index is 0.580. The number of piperazine rings is 1. The lowest BCUT2D eigenvalue weighted by molar-refractivity contribution is 0.0758. The predicted molar refractivity (Wildman–Crippen MR) is 87.2 cm³/mol. The molecule has 1 heterocycles. The van der Waals surface area contributed by atoms with Crippen LogP contribution in [0.1, 0.15) is 50.6 Å². The summed E-state index contributed by atoms with van der Waals surface area (Å²) in [4.78, 5) is 2.86. The van der Waals surface area contributed by atoms with Gasteiger partial charge in [0.25, 0.3) is 0 Å². The minimum absolute atomic E-state index is 0.580. The lowest BCUT2D eigenvalue weighted by Gasteiger charge is -2.44. The largest absolute Gasteiger partial charge is 0.311 e. The van der Waals surface area contributed by atoms with Crippen molar-refractivity contribution in [3.05, 3.63) is 35.9 Å². The van der Waals surface area contributed by atoms with Crippen LogP contribution < -0.4 is 5.32 Å². The highest BCUT2D eigenvalue weighted by molar-refractivity contribution is 5.21. The second-order valence-corrected chi connectivity index (χ2v) is 7.55. The van der Waals surface area contributed by atoms with Crippen LogP contribution in [0, 0.1) is 11.8 Å². The summed E-state index contributed by atoms with van der Waals surface area (Å²) in [5.41, 5.74) is 1.50. The van der Waals surface area contributed by atoms with E-state index in [0.29, 0.717) is 6.04 Å². The van der Waals surface area contributed by atoms with Gasteiger partial charge >= 0.3 is 0 Å². The Bertz CT molecular complexity index is 468. The molecule has 0 spiro atoms. The van der Waals surface area contributed by atoms with E-state index in [0.717, 1.165) is 30.5 Å². The van der Waals surface area contributed by atoms with E-state index in [1.807, 2.05) is 0 Å². The zero-order chi connectivity index (χ0) is 14.2. The summed E-state index contributed by atoms with van der Waals surface area (Å²) in [7, 11) is 0. The number of hydrogen-bond donors (Lipinski definition) is 1. The van der Waals surface area contributed by atoms with Crippen molar-refractivity contribution < 1.29 is 0 Å². The Morgan fingerprint density at radius 1 is 1.05 bits per heavy atom. The van der Waals surface area contributed by atoms with E-state index in [1.54, 1.807) is 0 Å². The van der Waals surface area contributed by atoms with Crippen LogP contribution in [0.4, 0.5) is 0 Å². The topological polar surface area (TPSA) is 15.3 Å². The van der Waals surface area contributed by atoms with Gasteiger partial charge in [0.15, 0.2) is 0 Å². The maximum absolute atomic E-state index is 3.85. The van der Waals surface area contributed by atoms with Crippen molar-refractivity contribution in [2.45, 2.75) is 57.2 Å². The molecule has 114 valence electrons. The Morgan fingerprint density at radius 3 is 2.52 bits per heavy atom. The van der Waals surface area contributed by atoms with Gasteiger partial charge in [-0.3, -0.25) is 4.90 Å². The first kappa shape index (κ1) is 13.8. The Balaban J connectivity index is 1.55. The number of nitrogens with zero attached hydrogens (tertiary/aromatic N) is 1. The molecule has 4 unspecified atom stereocenters. The van der Waals surface area contributed by atoms with Crippen molar-refractivity contribution in [3.63, 3.8) is 0 Å². The molecule has 1 aromatic rings. The molecule has 2 heteroatoms. The van der Waals surface area contributed by atoms with Gasteiger partial charge in [-0.1, -0.05) is 37.3 Å². The monoisotopic (exact) mass is 284 g/mol. The maximum atomic E-state index is 3.85. The molecule has 3 aliphatic rings. The van der Waals surface area contributed by atoms with Crippen LogP contribution in [0.3, 0.4) is 0 Å². The molecule has 0 bridgehead atoms. The van der Waals surface area contributed by atoms with Crippen LogP contribution in [-0.4, -0.2) is 30.1 Å². The Kier molecular flexibility index (Phi) is 3.76. The Labute approximate surface area is 128 Å². The van der Waals surface area contributed by atoms with E-state index in [-0.39, 0.29) is 0 Å². The first-order valence-corrected chi connectivity index (χ1v) is 8.85. The van der Waals surface area contributed by atoms with Crippen molar-refractivity contribution in [1.82, 2.24) is 10.2 Å². The number of rotatable bonds is 3. The van der Waals surface area contributed by atoms with Crippen LogP contribution >= 0.6 is 0 Å². The van der Waals surface area contributed by atoms with Gasteiger partial charge in [-0.25, -0.2) is 0 Å². The average Bonchev–Trinajstić information content (AvgIpc) is 3.29. The first-order chi connectivity index (χ1) is 10.3. The molecule has 3 fully saturated rings. The van der Waals surface area contributed by atoms with E-state index in [1.165, 1.54) is 44.2 Å². The second kappa shape index (κ2) is 5.73. The van der Waals surface area contributed by atoms with Crippen molar-refractivity contribution >= 4 is 0 Å². The zero-order valence-corrected chi connectivity index (χ0v) is 13.2. The van der Waals surface area contributed by atoms with Crippen LogP contribution in [0.5, 0.6) is 0 Å². The average molecular weight is 284 g/mol. The van der Waals surface area contributed by atoms with Crippen molar-refractivity contribution in [2.75, 3.05) is 13.1 Å². The van der Waals surface area contributed by atoms with E-state index in [4.69, 9.17) is 0 Å². The molecule has 21 heavy (non-hydrogen) atoms. The SMILES string of the molecule is CC1CCC(N2CC(C3CC3)NCC2c2ccccc2)C1. The molecule has 2 nitrogen and oxygen atoms in total. The van der Waals surface area contributed by atoms with Crippen molar-refractivity contribution in [1.29, 1.82) is 0 Å². The van der Waals surface area contributed by atoms with Crippen LogP contribution in [0.2, 0.25) is 0 Å². The number of hydrogen-bond acceptors (Lipinski definition) is 2. The molecular weight excluding hydrogens is 256 g/mol. The Morgan fingerprint density at radius 2 is 1.86 bits per heavy atom. The highest BCUT2D eigenvalue weighted by Gasteiger charge is 2.41. The lowest BCUT2D eigenvalue weighted by Crippen LogP contribution is -2.55. The number of nitrogens with one attached hydrogen (secondary N) is 1. The molecule has 2 aliphatic carbocycles. The van der Waals surface area contributed by atoms with Crippen molar-refractivity contribution in [3.8, 4) is 0 Å². The summed E-state index contributed by atoms with van der Waals surface area (Å²) < 4.78 is 0. The lowest BCUT2D eigenvalue weighted by atomic mass is 9.96. The molecule has 1 saturated heterocycles. The highest BCUT2D eigenvalue weighted by atomic mass is 15.3. The maximum Gasteiger partial charge on any atom is 0.0476 e. The fraction of sp³-hybridized carbons (Fsp3) is 0.684. The summed E-state index contributed by atoms with van der Waals surface area (Å²) in [5, 5.41) is 3.85. The summed E-state index contributed by atoms with van der Waals surface area (Å²) >= 11 is 0. The van der Waals surface area contributed by atoms with Crippen molar-refractivity contribution in [2.24, 2.45) is 11.8 Å². The van der Waals surface area contributed by atoms with E-state index in [9.17, 15) is 0 Å². The minimum Gasteiger partial charge on any atom is -0.311 e. The quantitative estimate of drug-likeness (QED) is 0.912. The van der Waals surface area contributed by atoms with Gasteiger partial charge in [0.1, 0.15) is 0 Å². The summed E-state index contributed by atoms with van der Waals surface area (Å²) in [6, 6.07) is 13.3. The first-order valence-electron chi connectivity index (χ1n) is 8.85. The second-order valence-electron chi connectivity index (χ2n) is 7.55. The summed E-state index contributed by atoms with van der Waals surface area (Å²) in [6.45, 7) is 4.83. The van der Waals surface area contributed by atoms with Gasteiger partial charge in [0.2, 0.25) is 0 Å².